The van der Waals surface area contributed by atoms with Crippen molar-refractivity contribution in [1.29, 1.82) is 0 Å². The molecule has 0 saturated carbocycles. The van der Waals surface area contributed by atoms with Crippen LogP contribution in [0, 0.1) is 0 Å². The van der Waals surface area contributed by atoms with Crippen LogP contribution in [0.3, 0.4) is 0 Å². The van der Waals surface area contributed by atoms with Gasteiger partial charge in [-0.3, -0.25) is 0 Å². The van der Waals surface area contributed by atoms with E-state index in [2.05, 4.69) is 28.7 Å². The largest absolute Gasteiger partial charge is 0.303 e. The van der Waals surface area contributed by atoms with Crippen LogP contribution in [-0.2, 0) is 12.8 Å². The molecule has 0 radical (unpaired) electrons. The Hall–Kier alpha value is -1.31. The van der Waals surface area contributed by atoms with Gasteiger partial charge in [0.1, 0.15) is 0 Å². The fraction of sp³-hybridized carbons (Fsp3) is 0.417. The summed E-state index contributed by atoms with van der Waals surface area (Å²) in [6, 6.07) is 7.31. The highest BCUT2D eigenvalue weighted by Crippen LogP contribution is 2.27. The molecule has 1 aliphatic heterocycles. The highest BCUT2D eigenvalue weighted by atomic mass is 15.3. The fourth-order valence-corrected chi connectivity index (χ4v) is 2.37. The van der Waals surface area contributed by atoms with Gasteiger partial charge < -0.3 is 5.43 Å². The number of nitrogens with one attached hydrogen (secondary N) is 1. The maximum atomic E-state index is 4.06. The van der Waals surface area contributed by atoms with Crippen molar-refractivity contribution in [3.63, 3.8) is 0 Å². The first-order chi connectivity index (χ1) is 6.93. The molecule has 0 fully saturated rings. The third-order valence-corrected chi connectivity index (χ3v) is 3.19. The van der Waals surface area contributed by atoms with Crippen molar-refractivity contribution in [3.8, 4) is 0 Å². The van der Waals surface area contributed by atoms with Gasteiger partial charge in [0.2, 0.25) is 0 Å². The predicted molar refractivity (Wildman–Crippen MR) is 57.5 cm³/mol. The summed E-state index contributed by atoms with van der Waals surface area (Å²) in [5.74, 6) is 0. The summed E-state index contributed by atoms with van der Waals surface area (Å²) >= 11 is 0. The molecule has 2 heteroatoms. The SMILES string of the molecule is C1=NNC(c2ccc3c(c2)CCC3)C1. The van der Waals surface area contributed by atoms with Crippen LogP contribution in [0.5, 0.6) is 0 Å². The van der Waals surface area contributed by atoms with Gasteiger partial charge in [-0.05, 0) is 36.0 Å². The zero-order valence-electron chi connectivity index (χ0n) is 8.16. The smallest absolute Gasteiger partial charge is 0.0739 e. The lowest BCUT2D eigenvalue weighted by molar-refractivity contribution is 0.619. The second-order valence-electron chi connectivity index (χ2n) is 4.11. The van der Waals surface area contributed by atoms with E-state index in [4.69, 9.17) is 0 Å². The van der Waals surface area contributed by atoms with E-state index in [-0.39, 0.29) is 0 Å². The molecule has 1 aliphatic carbocycles. The second kappa shape index (κ2) is 3.12. The van der Waals surface area contributed by atoms with Gasteiger partial charge in [-0.2, -0.15) is 5.10 Å². The Labute approximate surface area is 84.0 Å². The van der Waals surface area contributed by atoms with Crippen LogP contribution < -0.4 is 5.43 Å². The summed E-state index contributed by atoms with van der Waals surface area (Å²) in [5.41, 5.74) is 7.63. The molecule has 3 rings (SSSR count). The van der Waals surface area contributed by atoms with Crippen LogP contribution in [0.25, 0.3) is 0 Å². The summed E-state index contributed by atoms with van der Waals surface area (Å²) in [4.78, 5) is 0. The van der Waals surface area contributed by atoms with Crippen LogP contribution in [0.2, 0.25) is 0 Å². The average Bonchev–Trinajstić information content (AvgIpc) is 2.88. The molecular formula is C12H14N2. The normalized spacial score (nSPS) is 23.6. The number of aryl methyl sites for hydroxylation is 2. The van der Waals surface area contributed by atoms with Crippen molar-refractivity contribution in [1.82, 2.24) is 5.43 Å². The summed E-state index contributed by atoms with van der Waals surface area (Å²) in [6.45, 7) is 0. The lowest BCUT2D eigenvalue weighted by atomic mass is 10.0. The van der Waals surface area contributed by atoms with E-state index >= 15 is 0 Å². The van der Waals surface area contributed by atoms with E-state index in [9.17, 15) is 0 Å². The minimum Gasteiger partial charge on any atom is -0.303 e. The van der Waals surface area contributed by atoms with Gasteiger partial charge in [0.05, 0.1) is 6.04 Å². The fourth-order valence-electron chi connectivity index (χ4n) is 2.37. The lowest BCUT2D eigenvalue weighted by Gasteiger charge is -2.11. The van der Waals surface area contributed by atoms with E-state index < -0.39 is 0 Å². The van der Waals surface area contributed by atoms with Gasteiger partial charge in [-0.1, -0.05) is 18.2 Å². The maximum absolute atomic E-state index is 4.06. The molecule has 0 bridgehead atoms. The molecule has 1 aromatic rings. The zero-order valence-corrected chi connectivity index (χ0v) is 8.16. The average molecular weight is 186 g/mol. The number of hydrogen-bond acceptors (Lipinski definition) is 2. The Morgan fingerprint density at radius 2 is 2.14 bits per heavy atom. The van der Waals surface area contributed by atoms with Crippen LogP contribution >= 0.6 is 0 Å². The van der Waals surface area contributed by atoms with Gasteiger partial charge in [-0.25, -0.2) is 0 Å². The molecule has 14 heavy (non-hydrogen) atoms. The van der Waals surface area contributed by atoms with Crippen molar-refractivity contribution in [2.45, 2.75) is 31.7 Å². The monoisotopic (exact) mass is 186 g/mol. The molecular weight excluding hydrogens is 172 g/mol. The Balaban J connectivity index is 1.92. The van der Waals surface area contributed by atoms with E-state index in [1.165, 1.54) is 24.8 Å². The number of rotatable bonds is 1. The molecule has 1 aromatic carbocycles. The van der Waals surface area contributed by atoms with Crippen molar-refractivity contribution in [3.05, 3.63) is 34.9 Å². The molecule has 1 unspecified atom stereocenters. The molecule has 0 saturated heterocycles. The Morgan fingerprint density at radius 3 is 3.00 bits per heavy atom. The van der Waals surface area contributed by atoms with E-state index in [1.54, 1.807) is 11.1 Å². The van der Waals surface area contributed by atoms with Gasteiger partial charge in [-0.15, -0.1) is 0 Å². The highest BCUT2D eigenvalue weighted by molar-refractivity contribution is 5.60. The first-order valence-corrected chi connectivity index (χ1v) is 5.32. The molecule has 1 N–H and O–H groups in total. The molecule has 0 aromatic heterocycles. The summed E-state index contributed by atoms with van der Waals surface area (Å²) in [6.07, 6.45) is 6.84. The Bertz CT molecular complexity index is 374. The number of fused-ring (bicyclic) bond motifs is 1. The van der Waals surface area contributed by atoms with Crippen LogP contribution in [-0.4, -0.2) is 6.21 Å². The van der Waals surface area contributed by atoms with Crippen molar-refractivity contribution in [2.24, 2.45) is 5.10 Å². The number of benzene rings is 1. The van der Waals surface area contributed by atoms with Crippen molar-refractivity contribution >= 4 is 6.21 Å². The predicted octanol–water partition coefficient (Wildman–Crippen LogP) is 2.20. The molecule has 2 nitrogen and oxygen atoms in total. The standard InChI is InChI=1S/C12H14N2/c1-2-9-4-5-11(8-10(9)3-1)12-6-7-13-14-12/h4-5,7-8,12,14H,1-3,6H2. The number of nitrogens with zero attached hydrogens (tertiary/aromatic N) is 1. The second-order valence-corrected chi connectivity index (χ2v) is 4.11. The quantitative estimate of drug-likeness (QED) is 0.714. The zero-order chi connectivity index (χ0) is 9.38. The first kappa shape index (κ1) is 8.04. The third kappa shape index (κ3) is 1.22. The molecule has 1 atom stereocenters. The van der Waals surface area contributed by atoms with Crippen LogP contribution in [0.1, 0.15) is 35.6 Å². The maximum Gasteiger partial charge on any atom is 0.0739 e. The van der Waals surface area contributed by atoms with E-state index in [0.717, 1.165) is 6.42 Å². The summed E-state index contributed by atoms with van der Waals surface area (Å²) in [7, 11) is 0. The van der Waals surface area contributed by atoms with Gasteiger partial charge in [0.25, 0.3) is 0 Å². The van der Waals surface area contributed by atoms with Crippen LogP contribution in [0.15, 0.2) is 23.3 Å². The van der Waals surface area contributed by atoms with Gasteiger partial charge in [0, 0.05) is 12.6 Å². The topological polar surface area (TPSA) is 24.4 Å². The van der Waals surface area contributed by atoms with Crippen molar-refractivity contribution < 1.29 is 0 Å². The molecule has 0 spiro atoms. The van der Waals surface area contributed by atoms with Crippen molar-refractivity contribution in [2.75, 3.05) is 0 Å². The first-order valence-electron chi connectivity index (χ1n) is 5.32. The molecule has 0 amide bonds. The minimum absolute atomic E-state index is 0.417. The van der Waals surface area contributed by atoms with E-state index in [0.29, 0.717) is 6.04 Å². The molecule has 1 heterocycles. The minimum atomic E-state index is 0.417. The number of hydrazone groups is 1. The lowest BCUT2D eigenvalue weighted by Crippen LogP contribution is -2.09. The summed E-state index contributed by atoms with van der Waals surface area (Å²) in [5, 5.41) is 4.06. The Kier molecular flexibility index (Phi) is 1.79. The van der Waals surface area contributed by atoms with E-state index in [1.807, 2.05) is 6.21 Å². The van der Waals surface area contributed by atoms with Gasteiger partial charge >= 0.3 is 0 Å². The van der Waals surface area contributed by atoms with Crippen LogP contribution in [0.4, 0.5) is 0 Å². The molecule has 2 aliphatic rings. The third-order valence-electron chi connectivity index (χ3n) is 3.19. The molecule has 72 valence electrons. The summed E-state index contributed by atoms with van der Waals surface area (Å²) < 4.78 is 0. The highest BCUT2D eigenvalue weighted by Gasteiger charge is 2.16. The number of hydrogen-bond donors (Lipinski definition) is 1. The Morgan fingerprint density at radius 1 is 1.21 bits per heavy atom. The van der Waals surface area contributed by atoms with Gasteiger partial charge in [0.15, 0.2) is 0 Å².